The molecule has 19 nitrogen and oxygen atoms in total. The zero-order valence-electron chi connectivity index (χ0n) is 43.3. The van der Waals surface area contributed by atoms with Gasteiger partial charge in [-0.05, 0) is 62.4 Å². The molecule has 0 unspecified atom stereocenters. The van der Waals surface area contributed by atoms with E-state index < -0.39 is 23.4 Å². The number of ether oxygens (including phenoxy) is 5. The molecule has 4 heterocycles. The van der Waals surface area contributed by atoms with Crippen LogP contribution in [0.3, 0.4) is 0 Å². The number of nitrogens with one attached hydrogen (secondary N) is 1. The number of hydrogen-bond acceptors (Lipinski definition) is 15. The van der Waals surface area contributed by atoms with Gasteiger partial charge >= 0.3 is 0 Å². The zero-order valence-corrected chi connectivity index (χ0v) is 43.3. The second kappa shape index (κ2) is 27.6. The number of benzene rings is 3. The van der Waals surface area contributed by atoms with Crippen LogP contribution in [0.25, 0.3) is 17.0 Å². The van der Waals surface area contributed by atoms with Gasteiger partial charge in [-0.2, -0.15) is 15.0 Å². The average Bonchev–Trinajstić information content (AvgIpc) is 3.75. The summed E-state index contributed by atoms with van der Waals surface area (Å²) in [5, 5.41) is 0. The first-order chi connectivity index (χ1) is 35.8. The number of likely N-dealkylation sites (N-methyl/N-ethyl adjacent to an activating group) is 2. The Balaban J connectivity index is 0.693. The van der Waals surface area contributed by atoms with Gasteiger partial charge in [0.05, 0.1) is 111 Å². The van der Waals surface area contributed by atoms with Crippen LogP contribution in [-0.4, -0.2) is 210 Å². The standard InChI is InChI=1S/C52H70F3N11O8/c1-38-10-11-40(44(54)36-38)37-42-41(12-13-43(53)48(42)55)49(68)60-74-35-34-73-33-31-71-26-20-61(3)19-23-66(4,5)24-29-72-32-30-69-25-14-47(67)62-15-17-63(18-16-62)50-57-51(64-21-27-70-28-22-64)59-52(58-50)65-39(2)56-45-8-6-7-9-46(45)65/h6-13,36H,14-35,37H2,1-5H3/p+1. The molecule has 0 bridgehead atoms. The van der Waals surface area contributed by atoms with Crippen molar-refractivity contribution in [3.05, 3.63) is 100 Å². The Kier molecular flexibility index (Phi) is 20.9. The first kappa shape index (κ1) is 55.9. The van der Waals surface area contributed by atoms with Gasteiger partial charge in [-0.25, -0.2) is 23.6 Å². The fraction of sp³-hybridized carbons (Fsp3) is 0.538. The highest BCUT2D eigenvalue weighted by molar-refractivity contribution is 5.95. The van der Waals surface area contributed by atoms with Crippen LogP contribution >= 0.6 is 0 Å². The highest BCUT2D eigenvalue weighted by Crippen LogP contribution is 2.25. The van der Waals surface area contributed by atoms with Gasteiger partial charge in [0, 0.05) is 69.9 Å². The van der Waals surface area contributed by atoms with E-state index in [0.717, 1.165) is 59.7 Å². The van der Waals surface area contributed by atoms with Crippen molar-refractivity contribution in [1.29, 1.82) is 0 Å². The summed E-state index contributed by atoms with van der Waals surface area (Å²) in [7, 11) is 6.39. The third kappa shape index (κ3) is 16.1. The van der Waals surface area contributed by atoms with Gasteiger partial charge < -0.3 is 42.9 Å². The molecule has 0 radical (unpaired) electrons. The number of fused-ring (bicyclic) bond motifs is 1. The molecule has 3 aromatic carbocycles. The highest BCUT2D eigenvalue weighted by atomic mass is 19.2. The summed E-state index contributed by atoms with van der Waals surface area (Å²) < 4.78 is 74.5. The van der Waals surface area contributed by atoms with Gasteiger partial charge in [0.25, 0.3) is 5.91 Å². The topological polar surface area (TPSA) is 171 Å². The van der Waals surface area contributed by atoms with Crippen LogP contribution in [0, 0.1) is 31.3 Å². The van der Waals surface area contributed by atoms with Crippen LogP contribution in [0.4, 0.5) is 25.1 Å². The Hall–Kier alpha value is -5.85. The van der Waals surface area contributed by atoms with Crippen LogP contribution in [-0.2, 0) is 39.7 Å². The van der Waals surface area contributed by atoms with E-state index in [1.54, 1.807) is 13.0 Å². The number of para-hydroxylation sites is 2. The normalized spacial score (nSPS) is 14.4. The summed E-state index contributed by atoms with van der Waals surface area (Å²) in [5.41, 5.74) is 4.41. The molecule has 402 valence electrons. The molecule has 22 heteroatoms. The van der Waals surface area contributed by atoms with Crippen LogP contribution < -0.4 is 15.3 Å². The number of hydroxylamine groups is 1. The van der Waals surface area contributed by atoms with Crippen molar-refractivity contribution in [2.45, 2.75) is 26.7 Å². The minimum Gasteiger partial charge on any atom is -0.379 e. The summed E-state index contributed by atoms with van der Waals surface area (Å²) in [6.45, 7) is 15.1. The molecule has 7 rings (SSSR count). The Bertz CT molecular complexity index is 2610. The summed E-state index contributed by atoms with van der Waals surface area (Å²) in [6.07, 6.45) is -0.00884. The summed E-state index contributed by atoms with van der Waals surface area (Å²) >= 11 is 0. The highest BCUT2D eigenvalue weighted by Gasteiger charge is 2.27. The van der Waals surface area contributed by atoms with Crippen LogP contribution in [0.2, 0.25) is 0 Å². The van der Waals surface area contributed by atoms with E-state index in [9.17, 15) is 22.8 Å². The van der Waals surface area contributed by atoms with Gasteiger partial charge in [0.1, 0.15) is 18.2 Å². The minimum absolute atomic E-state index is 0.00679. The largest absolute Gasteiger partial charge is 0.379 e. The quantitative estimate of drug-likeness (QED) is 0.0431. The Morgan fingerprint density at radius 1 is 0.703 bits per heavy atom. The van der Waals surface area contributed by atoms with E-state index in [4.69, 9.17) is 48.5 Å². The van der Waals surface area contributed by atoms with E-state index in [0.29, 0.717) is 129 Å². The summed E-state index contributed by atoms with van der Waals surface area (Å²) in [5.74, 6) is -1.17. The van der Waals surface area contributed by atoms with E-state index >= 15 is 0 Å². The monoisotopic (exact) mass is 1030 g/mol. The fourth-order valence-corrected chi connectivity index (χ4v) is 8.44. The zero-order chi connectivity index (χ0) is 52.5. The lowest BCUT2D eigenvalue weighted by atomic mass is 9.97. The molecule has 0 aliphatic carbocycles. The first-order valence-corrected chi connectivity index (χ1v) is 25.3. The van der Waals surface area contributed by atoms with Gasteiger partial charge in [0.2, 0.25) is 23.8 Å². The number of aromatic nitrogens is 5. The predicted molar refractivity (Wildman–Crippen MR) is 272 cm³/mol. The fourth-order valence-electron chi connectivity index (χ4n) is 8.44. The number of rotatable bonds is 28. The third-order valence-corrected chi connectivity index (χ3v) is 13.0. The Labute approximate surface area is 431 Å². The molecule has 5 aromatic rings. The number of amides is 2. The maximum Gasteiger partial charge on any atom is 0.275 e. The predicted octanol–water partition coefficient (Wildman–Crippen LogP) is 4.15. The van der Waals surface area contributed by atoms with Crippen molar-refractivity contribution in [2.24, 2.45) is 0 Å². The third-order valence-electron chi connectivity index (χ3n) is 13.0. The smallest absolute Gasteiger partial charge is 0.275 e. The minimum atomic E-state index is -1.22. The number of carbonyl (C=O) groups is 2. The van der Waals surface area contributed by atoms with E-state index in [2.05, 4.69) is 41.3 Å². The number of imidazole rings is 1. The number of hydrogen-bond donors (Lipinski definition) is 1. The number of carbonyl (C=O) groups excluding carboxylic acids is 2. The Morgan fingerprint density at radius 3 is 2.08 bits per heavy atom. The second-order valence-corrected chi connectivity index (χ2v) is 19.0. The number of aryl methyl sites for hydroxylation is 2. The van der Waals surface area contributed by atoms with Crippen molar-refractivity contribution in [3.8, 4) is 5.95 Å². The van der Waals surface area contributed by atoms with Crippen LogP contribution in [0.15, 0.2) is 54.6 Å². The van der Waals surface area contributed by atoms with Gasteiger partial charge in [-0.3, -0.25) is 23.9 Å². The van der Waals surface area contributed by atoms with E-state index in [-0.39, 0.29) is 42.2 Å². The molecule has 1 N–H and O–H groups in total. The van der Waals surface area contributed by atoms with Crippen molar-refractivity contribution in [2.75, 3.05) is 169 Å². The molecule has 2 aliphatic heterocycles. The number of piperazine rings is 1. The molecule has 0 spiro atoms. The molecular weight excluding hydrogens is 964 g/mol. The van der Waals surface area contributed by atoms with Crippen molar-refractivity contribution in [1.82, 2.24) is 39.8 Å². The SMILES string of the molecule is Cc1ccc(Cc2c(C(=O)NOCCOCCOCCN(C)CC[N+](C)(C)CCOCCOCCC(=O)N3CCN(c4nc(N5CCOCC5)nc(-n5c(C)nc6ccccc65)n4)CC3)ccc(F)c2F)c(F)c1. The lowest BCUT2D eigenvalue weighted by Gasteiger charge is -2.35. The molecule has 0 atom stereocenters. The number of morpholine rings is 1. The molecule has 2 aromatic heterocycles. The summed E-state index contributed by atoms with van der Waals surface area (Å²) in [4.78, 5) is 58.9. The second-order valence-electron chi connectivity index (χ2n) is 19.0. The van der Waals surface area contributed by atoms with Crippen molar-refractivity contribution in [3.63, 3.8) is 0 Å². The van der Waals surface area contributed by atoms with Gasteiger partial charge in [-0.15, -0.1) is 0 Å². The average molecular weight is 1040 g/mol. The summed E-state index contributed by atoms with van der Waals surface area (Å²) in [6, 6.07) is 14.4. The lowest BCUT2D eigenvalue weighted by molar-refractivity contribution is -0.890. The Morgan fingerprint density at radius 2 is 1.35 bits per heavy atom. The molecule has 2 fully saturated rings. The maximum absolute atomic E-state index is 14.7. The van der Waals surface area contributed by atoms with Crippen LogP contribution in [0.1, 0.15) is 39.3 Å². The number of quaternary nitrogens is 1. The maximum atomic E-state index is 14.7. The van der Waals surface area contributed by atoms with Gasteiger partial charge in [-0.1, -0.05) is 24.3 Å². The molecule has 2 saturated heterocycles. The number of anilines is 2. The molecular formula is C52H71F3N11O8+. The number of nitrogens with zero attached hydrogens (tertiary/aromatic N) is 10. The molecule has 2 amide bonds. The first-order valence-electron chi connectivity index (χ1n) is 25.3. The van der Waals surface area contributed by atoms with Crippen molar-refractivity contribution >= 4 is 34.7 Å². The molecule has 74 heavy (non-hydrogen) atoms. The lowest BCUT2D eigenvalue weighted by Crippen LogP contribution is -2.49. The van der Waals surface area contributed by atoms with E-state index in [1.165, 1.54) is 12.1 Å². The van der Waals surface area contributed by atoms with Gasteiger partial charge in [0.15, 0.2) is 11.6 Å². The van der Waals surface area contributed by atoms with E-state index in [1.807, 2.05) is 40.7 Å². The number of halogens is 3. The molecule has 2 aliphatic rings. The van der Waals surface area contributed by atoms with Crippen molar-refractivity contribution < 1.29 is 55.8 Å². The molecule has 0 saturated carbocycles. The van der Waals surface area contributed by atoms with Crippen LogP contribution in [0.5, 0.6) is 0 Å².